The van der Waals surface area contributed by atoms with Gasteiger partial charge in [0.05, 0.1) is 17.8 Å². The van der Waals surface area contributed by atoms with E-state index in [2.05, 4.69) is 4.74 Å². The molecule has 0 saturated carbocycles. The zero-order valence-corrected chi connectivity index (χ0v) is 8.74. The number of carbonyl (C=O) groups is 1. The molecule has 1 rings (SSSR count). The average Bonchev–Trinajstić information content (AvgIpc) is 2.23. The molecule has 0 heterocycles. The van der Waals surface area contributed by atoms with Crippen LogP contribution in [0.2, 0.25) is 0 Å². The molecule has 0 radical (unpaired) electrons. The van der Waals surface area contributed by atoms with Crippen LogP contribution in [0.25, 0.3) is 0 Å². The van der Waals surface area contributed by atoms with Gasteiger partial charge in [-0.2, -0.15) is 0 Å². The molecule has 0 saturated heterocycles. The molecule has 2 N–H and O–H groups in total. The molecule has 0 bridgehead atoms. The standard InChI is InChI=1S/C9H9F2NO2S/c1-14-7(13)4-15-9-6(12)3-2-5(10)8(9)11/h2-3H,4,12H2,1H3. The Hall–Kier alpha value is -1.30. The van der Waals surface area contributed by atoms with Gasteiger partial charge in [-0.1, -0.05) is 0 Å². The third-order valence-electron chi connectivity index (χ3n) is 1.64. The summed E-state index contributed by atoms with van der Waals surface area (Å²) in [7, 11) is 1.22. The quantitative estimate of drug-likeness (QED) is 0.491. The number of rotatable bonds is 3. The van der Waals surface area contributed by atoms with Crippen molar-refractivity contribution in [1.82, 2.24) is 0 Å². The van der Waals surface area contributed by atoms with Crippen LogP contribution in [0.3, 0.4) is 0 Å². The van der Waals surface area contributed by atoms with Gasteiger partial charge in [0.1, 0.15) is 0 Å². The van der Waals surface area contributed by atoms with Crippen LogP contribution >= 0.6 is 11.8 Å². The van der Waals surface area contributed by atoms with Crippen LogP contribution in [-0.4, -0.2) is 18.8 Å². The summed E-state index contributed by atoms with van der Waals surface area (Å²) < 4.78 is 30.4. The molecule has 0 aliphatic rings. The van der Waals surface area contributed by atoms with Gasteiger partial charge in [0.2, 0.25) is 0 Å². The molecular formula is C9H9F2NO2S. The van der Waals surface area contributed by atoms with Crippen molar-refractivity contribution in [3.05, 3.63) is 23.8 Å². The van der Waals surface area contributed by atoms with E-state index >= 15 is 0 Å². The van der Waals surface area contributed by atoms with E-state index in [1.54, 1.807) is 0 Å². The normalized spacial score (nSPS) is 10.1. The van der Waals surface area contributed by atoms with Crippen molar-refractivity contribution in [1.29, 1.82) is 0 Å². The van der Waals surface area contributed by atoms with Gasteiger partial charge in [0, 0.05) is 5.69 Å². The van der Waals surface area contributed by atoms with Gasteiger partial charge in [0.15, 0.2) is 11.6 Å². The monoisotopic (exact) mass is 233 g/mol. The second-order valence-electron chi connectivity index (χ2n) is 2.64. The Morgan fingerprint density at radius 1 is 1.53 bits per heavy atom. The molecule has 3 nitrogen and oxygen atoms in total. The minimum atomic E-state index is -1.04. The van der Waals surface area contributed by atoms with E-state index in [1.807, 2.05) is 0 Å². The average molecular weight is 233 g/mol. The number of hydrogen-bond acceptors (Lipinski definition) is 4. The maximum Gasteiger partial charge on any atom is 0.315 e. The minimum absolute atomic E-state index is 0.0691. The number of ether oxygens (including phenoxy) is 1. The highest BCUT2D eigenvalue weighted by Crippen LogP contribution is 2.29. The fourth-order valence-corrected chi connectivity index (χ4v) is 1.72. The highest BCUT2D eigenvalue weighted by Gasteiger charge is 2.13. The first-order valence-electron chi connectivity index (χ1n) is 3.99. The molecule has 0 aliphatic heterocycles. The lowest BCUT2D eigenvalue weighted by atomic mass is 10.3. The van der Waals surface area contributed by atoms with Crippen molar-refractivity contribution in [3.63, 3.8) is 0 Å². The van der Waals surface area contributed by atoms with Crippen LogP contribution in [0.1, 0.15) is 0 Å². The Morgan fingerprint density at radius 3 is 2.80 bits per heavy atom. The van der Waals surface area contributed by atoms with Crippen LogP contribution in [0.15, 0.2) is 17.0 Å². The Bertz CT molecular complexity index is 385. The third kappa shape index (κ3) is 2.82. The Labute approximate surface area is 89.6 Å². The predicted octanol–water partition coefficient (Wildman–Crippen LogP) is 1.81. The number of hydrogen-bond donors (Lipinski definition) is 1. The lowest BCUT2D eigenvalue weighted by Crippen LogP contribution is -2.04. The summed E-state index contributed by atoms with van der Waals surface area (Å²) in [6.45, 7) is 0. The first-order chi connectivity index (χ1) is 7.06. The smallest absolute Gasteiger partial charge is 0.315 e. The van der Waals surface area contributed by atoms with Gasteiger partial charge in [-0.05, 0) is 12.1 Å². The van der Waals surface area contributed by atoms with Gasteiger partial charge in [-0.25, -0.2) is 8.78 Å². The van der Waals surface area contributed by atoms with E-state index in [1.165, 1.54) is 13.2 Å². The van der Waals surface area contributed by atoms with Crippen LogP contribution in [0.4, 0.5) is 14.5 Å². The summed E-state index contributed by atoms with van der Waals surface area (Å²) >= 11 is 0.806. The molecule has 0 fully saturated rings. The van der Waals surface area contributed by atoms with E-state index in [9.17, 15) is 13.6 Å². The van der Waals surface area contributed by atoms with E-state index < -0.39 is 17.6 Å². The largest absolute Gasteiger partial charge is 0.468 e. The summed E-state index contributed by atoms with van der Waals surface area (Å²) in [5, 5.41) is 0. The molecule has 0 spiro atoms. The number of thioether (sulfide) groups is 1. The molecule has 82 valence electrons. The molecule has 0 unspecified atom stereocenters. The van der Waals surface area contributed by atoms with Crippen LogP contribution in [-0.2, 0) is 9.53 Å². The van der Waals surface area contributed by atoms with Crippen molar-refractivity contribution < 1.29 is 18.3 Å². The molecule has 0 amide bonds. The Kier molecular flexibility index (Phi) is 3.90. The SMILES string of the molecule is COC(=O)CSc1c(N)ccc(F)c1F. The van der Waals surface area contributed by atoms with Crippen molar-refractivity contribution in [2.45, 2.75) is 4.90 Å². The number of nitrogens with two attached hydrogens (primary N) is 1. The second kappa shape index (κ2) is 4.97. The number of nitrogen functional groups attached to an aromatic ring is 1. The van der Waals surface area contributed by atoms with Crippen molar-refractivity contribution in [3.8, 4) is 0 Å². The van der Waals surface area contributed by atoms with Crippen LogP contribution in [0, 0.1) is 11.6 Å². The minimum Gasteiger partial charge on any atom is -0.468 e. The van der Waals surface area contributed by atoms with Gasteiger partial charge >= 0.3 is 5.97 Å². The van der Waals surface area contributed by atoms with Gasteiger partial charge < -0.3 is 10.5 Å². The zero-order chi connectivity index (χ0) is 11.4. The highest BCUT2D eigenvalue weighted by molar-refractivity contribution is 8.00. The molecule has 6 heteroatoms. The molecule has 0 atom stereocenters. The van der Waals surface area contributed by atoms with Gasteiger partial charge in [-0.3, -0.25) is 4.79 Å². The first kappa shape index (κ1) is 11.8. The second-order valence-corrected chi connectivity index (χ2v) is 3.63. The number of methoxy groups -OCH3 is 1. The number of esters is 1. The first-order valence-corrected chi connectivity index (χ1v) is 4.98. The maximum absolute atomic E-state index is 13.2. The van der Waals surface area contributed by atoms with Crippen molar-refractivity contribution in [2.75, 3.05) is 18.6 Å². The van der Waals surface area contributed by atoms with Crippen LogP contribution in [0.5, 0.6) is 0 Å². The maximum atomic E-state index is 13.2. The van der Waals surface area contributed by atoms with Crippen molar-refractivity contribution in [2.24, 2.45) is 0 Å². The van der Waals surface area contributed by atoms with Gasteiger partial charge in [0.25, 0.3) is 0 Å². The fourth-order valence-electron chi connectivity index (χ4n) is 0.884. The summed E-state index contributed by atoms with van der Waals surface area (Å²) in [5.41, 5.74) is 5.54. The molecule has 1 aromatic carbocycles. The van der Waals surface area contributed by atoms with E-state index in [0.717, 1.165) is 17.8 Å². The van der Waals surface area contributed by atoms with Crippen LogP contribution < -0.4 is 5.73 Å². The summed E-state index contributed by atoms with van der Waals surface area (Å²) in [6.07, 6.45) is 0. The predicted molar refractivity (Wildman–Crippen MR) is 53.5 cm³/mol. The van der Waals surface area contributed by atoms with Gasteiger partial charge in [-0.15, -0.1) is 11.8 Å². The Balaban J connectivity index is 2.84. The lowest BCUT2D eigenvalue weighted by Gasteiger charge is -2.06. The molecule has 0 aromatic heterocycles. The highest BCUT2D eigenvalue weighted by atomic mass is 32.2. The number of carbonyl (C=O) groups excluding carboxylic acids is 1. The van der Waals surface area contributed by atoms with E-state index in [4.69, 9.17) is 5.73 Å². The summed E-state index contributed by atoms with van der Waals surface area (Å²) in [4.78, 5) is 10.7. The number of benzene rings is 1. The molecule has 1 aromatic rings. The molecule has 15 heavy (non-hydrogen) atoms. The zero-order valence-electron chi connectivity index (χ0n) is 7.92. The Morgan fingerprint density at radius 2 is 2.20 bits per heavy atom. The summed E-state index contributed by atoms with van der Waals surface area (Å²) in [6, 6.07) is 2.19. The van der Waals surface area contributed by atoms with E-state index in [0.29, 0.717) is 0 Å². The number of halogens is 2. The fraction of sp³-hybridized carbons (Fsp3) is 0.222. The lowest BCUT2D eigenvalue weighted by molar-refractivity contribution is -0.137. The third-order valence-corrected chi connectivity index (χ3v) is 2.73. The number of anilines is 1. The summed E-state index contributed by atoms with van der Waals surface area (Å²) in [5.74, 6) is -2.66. The van der Waals surface area contributed by atoms with Crippen molar-refractivity contribution >= 4 is 23.4 Å². The molecular weight excluding hydrogens is 224 g/mol. The van der Waals surface area contributed by atoms with E-state index in [-0.39, 0.29) is 16.3 Å². The topological polar surface area (TPSA) is 52.3 Å². The molecule has 0 aliphatic carbocycles.